The van der Waals surface area contributed by atoms with E-state index in [1.807, 2.05) is 91.9 Å². The fourth-order valence-electron chi connectivity index (χ4n) is 6.65. The van der Waals surface area contributed by atoms with Crippen molar-refractivity contribution in [3.05, 3.63) is 108 Å². The van der Waals surface area contributed by atoms with Crippen molar-refractivity contribution in [2.75, 3.05) is 13.1 Å². The molecule has 1 aliphatic carbocycles. The van der Waals surface area contributed by atoms with Crippen molar-refractivity contribution in [2.24, 2.45) is 4.99 Å². The smallest absolute Gasteiger partial charge is 0.446 e. The van der Waals surface area contributed by atoms with Crippen molar-refractivity contribution in [1.82, 2.24) is 49.4 Å². The third-order valence-electron chi connectivity index (χ3n) is 9.64. The maximum absolute atomic E-state index is 12.4. The van der Waals surface area contributed by atoms with E-state index < -0.39 is 12.5 Å². The fourth-order valence-corrected chi connectivity index (χ4v) is 6.65. The van der Waals surface area contributed by atoms with Crippen molar-refractivity contribution in [3.8, 4) is 0 Å². The lowest BCUT2D eigenvalue weighted by Crippen LogP contribution is -2.49. The van der Waals surface area contributed by atoms with E-state index in [1.165, 1.54) is 24.5 Å². The summed E-state index contributed by atoms with van der Waals surface area (Å²) in [6, 6.07) is 7.72. The van der Waals surface area contributed by atoms with Crippen molar-refractivity contribution < 1.29 is 37.8 Å². The fraction of sp³-hybridized carbons (Fsp3) is 0.479. The van der Waals surface area contributed by atoms with Gasteiger partial charge in [-0.3, -0.25) is 13.6 Å². The minimum atomic E-state index is -4.64. The molecule has 0 bridgehead atoms. The molecule has 6 aromatic rings. The summed E-state index contributed by atoms with van der Waals surface area (Å²) in [5.41, 5.74) is 5.82. The molecule has 1 aliphatic heterocycles. The number of hydrogen-bond donors (Lipinski definition) is 1. The Balaban J connectivity index is 0.000000275. The number of halogens is 3. The molecule has 1 N–H and O–H groups in total. The van der Waals surface area contributed by atoms with E-state index in [0.29, 0.717) is 20.0 Å². The van der Waals surface area contributed by atoms with Crippen LogP contribution in [0.1, 0.15) is 131 Å². The number of fused-ring (bicyclic) bond motifs is 2. The van der Waals surface area contributed by atoms with E-state index in [2.05, 4.69) is 52.8 Å². The van der Waals surface area contributed by atoms with Crippen LogP contribution in [0.15, 0.2) is 87.8 Å². The molecule has 0 spiro atoms. The highest BCUT2D eigenvalue weighted by atomic mass is 19.4. The SMILES string of the molecule is C.C1=C(c2cnc(CCc3ccco3)n3cnnc23)CCCC1.CC(C)(C)N=C=O.CC(C)(C)NC(=O)N1CC=C(c2cnc(CCc3ccco3)n3cnnc23)CC1.O=CC(F)(F)F.[2H]CC. The first-order chi connectivity index (χ1) is 31.9. The van der Waals surface area contributed by atoms with Crippen LogP contribution >= 0.6 is 0 Å². The summed E-state index contributed by atoms with van der Waals surface area (Å²) >= 11 is 0. The van der Waals surface area contributed by atoms with Crippen LogP contribution in [0.5, 0.6) is 0 Å². The lowest BCUT2D eigenvalue weighted by atomic mass is 9.95. The van der Waals surface area contributed by atoms with Crippen LogP contribution in [0.2, 0.25) is 0 Å². The molecule has 0 radical (unpaired) electrons. The first-order valence-electron chi connectivity index (χ1n) is 22.3. The number of nitrogens with one attached hydrogen (secondary N) is 1. The van der Waals surface area contributed by atoms with E-state index in [0.717, 1.165) is 96.1 Å². The average molecular weight is 933 g/mol. The summed E-state index contributed by atoms with van der Waals surface area (Å²) in [5.74, 6) is 3.77. The number of urea groups is 1. The van der Waals surface area contributed by atoms with Crippen molar-refractivity contribution in [3.63, 3.8) is 0 Å². The summed E-state index contributed by atoms with van der Waals surface area (Å²) in [6.45, 7) is 15.0. The van der Waals surface area contributed by atoms with Gasteiger partial charge in [-0.05, 0) is 109 Å². The number of allylic oxidation sites excluding steroid dienone is 2. The van der Waals surface area contributed by atoms with Gasteiger partial charge in [-0.2, -0.15) is 13.2 Å². The molecule has 6 aromatic heterocycles. The lowest BCUT2D eigenvalue weighted by molar-refractivity contribution is -0.156. The van der Waals surface area contributed by atoms with E-state index in [4.69, 9.17) is 15.0 Å². The molecule has 0 aromatic carbocycles. The number of carbonyl (C=O) groups excluding carboxylic acids is 3. The van der Waals surface area contributed by atoms with Gasteiger partial charge < -0.3 is 19.1 Å². The normalized spacial score (nSPS) is 13.8. The van der Waals surface area contributed by atoms with Crippen molar-refractivity contribution in [2.45, 2.75) is 138 Å². The largest absolute Gasteiger partial charge is 0.469 e. The molecule has 0 atom stereocenters. The number of nitrogens with zero attached hydrogens (tertiary/aromatic N) is 10. The number of furan rings is 2. The molecular formula is C48H64F3N11O5. The van der Waals surface area contributed by atoms with Crippen LogP contribution in [-0.2, 0) is 35.3 Å². The molecule has 2 amide bonds. The Morgan fingerprint density at radius 3 is 1.72 bits per heavy atom. The van der Waals surface area contributed by atoms with Gasteiger partial charge in [0.05, 0.1) is 18.1 Å². The number of aliphatic imine (C=N–C) groups is 1. The van der Waals surface area contributed by atoms with Gasteiger partial charge in [0.1, 0.15) is 35.8 Å². The van der Waals surface area contributed by atoms with Crippen LogP contribution in [-0.4, -0.2) is 92.8 Å². The Kier molecular flexibility index (Phi) is 20.4. The van der Waals surface area contributed by atoms with Gasteiger partial charge in [-0.25, -0.2) is 24.5 Å². The molecule has 0 saturated heterocycles. The van der Waals surface area contributed by atoms with E-state index >= 15 is 0 Å². The van der Waals surface area contributed by atoms with Crippen LogP contribution in [0, 0.1) is 0 Å². The number of carbonyl (C=O) groups is 2. The summed E-state index contributed by atoms with van der Waals surface area (Å²) in [4.78, 5) is 45.2. The zero-order valence-electron chi connectivity index (χ0n) is 39.6. The quantitative estimate of drug-likeness (QED) is 0.0868. The van der Waals surface area contributed by atoms with Crippen LogP contribution in [0.25, 0.3) is 22.4 Å². The Labute approximate surface area is 391 Å². The van der Waals surface area contributed by atoms with Crippen molar-refractivity contribution >= 4 is 40.8 Å². The number of isocyanates is 1. The number of rotatable bonds is 8. The minimum Gasteiger partial charge on any atom is -0.469 e. The topological polar surface area (TPSA) is 191 Å². The second-order valence-corrected chi connectivity index (χ2v) is 17.0. The molecule has 2 aliphatic rings. The zero-order chi connectivity index (χ0) is 49.0. The highest BCUT2D eigenvalue weighted by Gasteiger charge is 2.25. The molecule has 16 nitrogen and oxygen atoms in total. The van der Waals surface area contributed by atoms with Gasteiger partial charge in [-0.15, -0.1) is 20.4 Å². The molecule has 19 heteroatoms. The van der Waals surface area contributed by atoms with Crippen LogP contribution in [0.3, 0.4) is 0 Å². The van der Waals surface area contributed by atoms with Gasteiger partial charge >= 0.3 is 12.2 Å². The first kappa shape index (κ1) is 52.9. The van der Waals surface area contributed by atoms with Gasteiger partial charge in [0.25, 0.3) is 0 Å². The Bertz CT molecular complexity index is 2570. The zero-order valence-corrected chi connectivity index (χ0v) is 38.6. The second-order valence-electron chi connectivity index (χ2n) is 17.0. The van der Waals surface area contributed by atoms with E-state index in [9.17, 15) is 22.8 Å². The Hall–Kier alpha value is -6.75. The predicted octanol–water partition coefficient (Wildman–Crippen LogP) is 10.1. The summed E-state index contributed by atoms with van der Waals surface area (Å²) in [7, 11) is 0. The van der Waals surface area contributed by atoms with Gasteiger partial charge in [-0.1, -0.05) is 33.4 Å². The third-order valence-corrected chi connectivity index (χ3v) is 9.64. The summed E-state index contributed by atoms with van der Waals surface area (Å²) in [6.07, 6.45) is 19.5. The Morgan fingerprint density at radius 1 is 0.851 bits per heavy atom. The first-order valence-corrected chi connectivity index (χ1v) is 21.6. The highest BCUT2D eigenvalue weighted by molar-refractivity contribution is 5.80. The number of alkyl halides is 3. The maximum Gasteiger partial charge on any atom is 0.446 e. The molecule has 8 rings (SSSR count). The summed E-state index contributed by atoms with van der Waals surface area (Å²) in [5, 5.41) is 19.8. The minimum absolute atomic E-state index is 0. The predicted molar refractivity (Wildman–Crippen MR) is 251 cm³/mol. The number of amides is 2. The van der Waals surface area contributed by atoms with E-state index in [-0.39, 0.29) is 24.5 Å². The molecule has 7 heterocycles. The van der Waals surface area contributed by atoms with Gasteiger partial charge in [0.2, 0.25) is 12.4 Å². The monoisotopic (exact) mass is 933 g/mol. The van der Waals surface area contributed by atoms with E-state index in [1.54, 1.807) is 32.1 Å². The average Bonchev–Trinajstić information content (AvgIpc) is 4.14. The number of aromatic nitrogens is 8. The standard InChI is InChI=1S/C21H26N6O2.C17H18N4O.C5H9NO.C2HF3O.C2H6.CH4/c1-21(2,3)24-20(28)26-10-8-15(9-11-26)17-13-22-18(27-14-23-25-19(17)27)7-6-16-5-4-12-29-16;1-2-5-13(6-3-1)15-11-18-16(21-12-19-20-17(15)21)9-8-14-7-4-10-22-14;1-5(2,3)6-4-7;3-2(4,5)1-6;1-2;/h4-5,8,12-14H,6-7,9-11H2,1-3H3,(H,24,28);4-5,7,10-12H,1-3,6,8-9H2;1-3H3;1H;1-2H3;1H4/i;;;;1D;. The molecule has 0 unspecified atom stereocenters. The number of aldehydes is 1. The maximum atomic E-state index is 12.4. The molecule has 67 heavy (non-hydrogen) atoms. The number of aryl methyl sites for hydroxylation is 4. The van der Waals surface area contributed by atoms with Crippen LogP contribution in [0.4, 0.5) is 18.0 Å². The molecule has 0 fully saturated rings. The second kappa shape index (κ2) is 25.8. The molecule has 0 saturated carbocycles. The molecular weight excluding hydrogens is 868 g/mol. The lowest BCUT2D eigenvalue weighted by Gasteiger charge is -2.30. The summed E-state index contributed by atoms with van der Waals surface area (Å²) < 4.78 is 52.2. The van der Waals surface area contributed by atoms with Gasteiger partial charge in [0.15, 0.2) is 11.3 Å². The van der Waals surface area contributed by atoms with Crippen LogP contribution < -0.4 is 5.32 Å². The number of hydrogen-bond acceptors (Lipinski definition) is 12. The third kappa shape index (κ3) is 17.5. The Morgan fingerprint density at radius 2 is 1.36 bits per heavy atom. The molecule has 362 valence electrons. The van der Waals surface area contributed by atoms with Crippen molar-refractivity contribution in [1.29, 1.82) is 0 Å². The van der Waals surface area contributed by atoms with Gasteiger partial charge in [0, 0.05) is 69.2 Å². The highest BCUT2D eigenvalue weighted by Crippen LogP contribution is 2.29.